The molecule has 0 aromatic carbocycles. The van der Waals surface area contributed by atoms with E-state index in [9.17, 15) is 9.59 Å². The van der Waals surface area contributed by atoms with Crippen LogP contribution in [-0.2, 0) is 14.3 Å². The maximum atomic E-state index is 11.8. The molecule has 0 spiro atoms. The Balaban J connectivity index is 2.48. The fourth-order valence-electron chi connectivity index (χ4n) is 1.51. The van der Waals surface area contributed by atoms with Gasteiger partial charge in [0.2, 0.25) is 5.95 Å². The summed E-state index contributed by atoms with van der Waals surface area (Å²) in [6, 6.07) is 1.69. The van der Waals surface area contributed by atoms with Crippen molar-refractivity contribution in [2.75, 3.05) is 18.5 Å². The van der Waals surface area contributed by atoms with E-state index >= 15 is 0 Å². The predicted octanol–water partition coefficient (Wildman–Crippen LogP) is 0.759. The zero-order valence-electron chi connectivity index (χ0n) is 13.1. The Morgan fingerprint density at radius 3 is 2.43 bits per heavy atom. The van der Waals surface area contributed by atoms with E-state index in [1.54, 1.807) is 30.4 Å². The number of carbonyl (C=O) groups is 2. The molecule has 0 saturated heterocycles. The molecular formula is C14H22N4O3. The van der Waals surface area contributed by atoms with E-state index in [1.807, 2.05) is 20.8 Å². The van der Waals surface area contributed by atoms with Gasteiger partial charge in [0.25, 0.3) is 5.91 Å². The molecule has 7 nitrogen and oxygen atoms in total. The summed E-state index contributed by atoms with van der Waals surface area (Å²) in [6.45, 7) is 7.09. The second kappa shape index (κ2) is 7.01. The number of hydrogen-bond acceptors (Lipinski definition) is 6. The topological polar surface area (TPSA) is 84.4 Å². The van der Waals surface area contributed by atoms with Gasteiger partial charge in [0.05, 0.1) is 0 Å². The summed E-state index contributed by atoms with van der Waals surface area (Å²) in [5.41, 5.74) is -0.369. The molecule has 0 radical (unpaired) electrons. The molecule has 1 aromatic rings. The minimum atomic E-state index is -0.846. The smallest absolute Gasteiger partial charge is 0.326 e. The van der Waals surface area contributed by atoms with E-state index in [1.165, 1.54) is 6.92 Å². The van der Waals surface area contributed by atoms with Gasteiger partial charge in [0, 0.05) is 25.0 Å². The van der Waals surface area contributed by atoms with Crippen LogP contribution in [0.2, 0.25) is 0 Å². The third-order valence-corrected chi connectivity index (χ3v) is 2.44. The highest BCUT2D eigenvalue weighted by Gasteiger charge is 2.23. The maximum absolute atomic E-state index is 11.8. The average molecular weight is 294 g/mol. The molecule has 1 atom stereocenters. The number of esters is 1. The Morgan fingerprint density at radius 1 is 1.33 bits per heavy atom. The third-order valence-electron chi connectivity index (χ3n) is 2.44. The predicted molar refractivity (Wildman–Crippen MR) is 78.8 cm³/mol. The monoisotopic (exact) mass is 294 g/mol. The normalized spacial score (nSPS) is 12.4. The lowest BCUT2D eigenvalue weighted by Crippen LogP contribution is -2.46. The second-order valence-electron chi connectivity index (χ2n) is 5.78. The van der Waals surface area contributed by atoms with Gasteiger partial charge in [-0.3, -0.25) is 9.59 Å². The van der Waals surface area contributed by atoms with Crippen molar-refractivity contribution in [1.82, 2.24) is 15.3 Å². The summed E-state index contributed by atoms with van der Waals surface area (Å²) in [7, 11) is 1.68. The SMILES string of the molecule is C[C@H](OC(=O)CN(C)c1ncccn1)C(=O)NC(C)(C)C. The number of hydrogen-bond donors (Lipinski definition) is 1. The molecule has 1 heterocycles. The molecule has 1 N–H and O–H groups in total. The number of nitrogens with one attached hydrogen (secondary N) is 1. The van der Waals surface area contributed by atoms with Crippen LogP contribution in [0.15, 0.2) is 18.5 Å². The fourth-order valence-corrected chi connectivity index (χ4v) is 1.51. The molecule has 1 aromatic heterocycles. The van der Waals surface area contributed by atoms with Gasteiger partial charge in [-0.25, -0.2) is 9.97 Å². The Hall–Kier alpha value is -2.18. The molecule has 0 bridgehead atoms. The van der Waals surface area contributed by atoms with E-state index < -0.39 is 12.1 Å². The highest BCUT2D eigenvalue weighted by Crippen LogP contribution is 2.04. The van der Waals surface area contributed by atoms with Gasteiger partial charge in [-0.2, -0.15) is 0 Å². The molecule has 21 heavy (non-hydrogen) atoms. The quantitative estimate of drug-likeness (QED) is 0.807. The van der Waals surface area contributed by atoms with Crippen LogP contribution < -0.4 is 10.2 Å². The zero-order chi connectivity index (χ0) is 16.0. The van der Waals surface area contributed by atoms with Crippen LogP contribution in [0.5, 0.6) is 0 Å². The number of likely N-dealkylation sites (N-methyl/N-ethyl adjacent to an activating group) is 1. The van der Waals surface area contributed by atoms with Crippen molar-refractivity contribution in [3.05, 3.63) is 18.5 Å². The van der Waals surface area contributed by atoms with Gasteiger partial charge in [0.1, 0.15) is 6.54 Å². The maximum Gasteiger partial charge on any atom is 0.326 e. The molecule has 116 valence electrons. The first-order chi connectivity index (χ1) is 9.69. The number of anilines is 1. The van der Waals surface area contributed by atoms with Crippen molar-refractivity contribution in [2.24, 2.45) is 0 Å². The summed E-state index contributed by atoms with van der Waals surface area (Å²) in [4.78, 5) is 33.2. The Labute approximate surface area is 124 Å². The molecule has 0 aliphatic rings. The fraction of sp³-hybridized carbons (Fsp3) is 0.571. The van der Waals surface area contributed by atoms with Crippen molar-refractivity contribution in [1.29, 1.82) is 0 Å². The first kappa shape index (κ1) is 16.9. The van der Waals surface area contributed by atoms with Gasteiger partial charge >= 0.3 is 5.97 Å². The van der Waals surface area contributed by atoms with Crippen molar-refractivity contribution in [2.45, 2.75) is 39.3 Å². The standard InChI is InChI=1S/C14H22N4O3/c1-10(12(20)17-14(2,3)4)21-11(19)9-18(5)13-15-7-6-8-16-13/h6-8,10H,9H2,1-5H3,(H,17,20)/t10-/m0/s1. The second-order valence-corrected chi connectivity index (χ2v) is 5.78. The molecule has 0 fully saturated rings. The average Bonchev–Trinajstić information content (AvgIpc) is 2.37. The molecular weight excluding hydrogens is 272 g/mol. The molecule has 0 aliphatic heterocycles. The number of nitrogens with zero attached hydrogens (tertiary/aromatic N) is 3. The van der Waals surface area contributed by atoms with Crippen LogP contribution in [0.3, 0.4) is 0 Å². The van der Waals surface area contributed by atoms with E-state index in [0.29, 0.717) is 5.95 Å². The number of amides is 1. The van der Waals surface area contributed by atoms with Gasteiger partial charge < -0.3 is 15.0 Å². The van der Waals surface area contributed by atoms with Crippen molar-refractivity contribution in [3.63, 3.8) is 0 Å². The molecule has 0 saturated carbocycles. The summed E-state index contributed by atoms with van der Waals surface area (Å²) >= 11 is 0. The van der Waals surface area contributed by atoms with Gasteiger partial charge in [-0.15, -0.1) is 0 Å². The molecule has 1 amide bonds. The Morgan fingerprint density at radius 2 is 1.90 bits per heavy atom. The van der Waals surface area contributed by atoms with Crippen molar-refractivity contribution >= 4 is 17.8 Å². The van der Waals surface area contributed by atoms with Crippen LogP contribution in [0.1, 0.15) is 27.7 Å². The molecule has 0 aliphatic carbocycles. The zero-order valence-corrected chi connectivity index (χ0v) is 13.1. The first-order valence-corrected chi connectivity index (χ1v) is 6.68. The number of aromatic nitrogens is 2. The van der Waals surface area contributed by atoms with E-state index in [4.69, 9.17) is 4.74 Å². The summed E-state index contributed by atoms with van der Waals surface area (Å²) in [5.74, 6) is -0.419. The highest BCUT2D eigenvalue weighted by atomic mass is 16.5. The van der Waals surface area contributed by atoms with E-state index in [0.717, 1.165) is 0 Å². The van der Waals surface area contributed by atoms with Crippen molar-refractivity contribution in [3.8, 4) is 0 Å². The van der Waals surface area contributed by atoms with Gasteiger partial charge in [0.15, 0.2) is 6.10 Å². The molecule has 0 unspecified atom stereocenters. The minimum Gasteiger partial charge on any atom is -0.451 e. The highest BCUT2D eigenvalue weighted by molar-refractivity contribution is 5.84. The van der Waals surface area contributed by atoms with E-state index in [-0.39, 0.29) is 18.0 Å². The lowest BCUT2D eigenvalue weighted by atomic mass is 10.1. The summed E-state index contributed by atoms with van der Waals surface area (Å²) < 4.78 is 5.10. The van der Waals surface area contributed by atoms with Crippen molar-refractivity contribution < 1.29 is 14.3 Å². The number of rotatable bonds is 5. The lowest BCUT2D eigenvalue weighted by Gasteiger charge is -2.23. The third kappa shape index (κ3) is 6.20. The minimum absolute atomic E-state index is 0.0306. The van der Waals surface area contributed by atoms with Gasteiger partial charge in [-0.05, 0) is 33.8 Å². The Kier molecular flexibility index (Phi) is 5.63. The van der Waals surface area contributed by atoms with Crippen LogP contribution >= 0.6 is 0 Å². The Bertz CT molecular complexity index is 485. The van der Waals surface area contributed by atoms with E-state index in [2.05, 4.69) is 15.3 Å². The van der Waals surface area contributed by atoms with Crippen LogP contribution in [0.25, 0.3) is 0 Å². The lowest BCUT2D eigenvalue weighted by molar-refractivity contribution is -0.154. The summed E-state index contributed by atoms with van der Waals surface area (Å²) in [6.07, 6.45) is 2.33. The van der Waals surface area contributed by atoms with Crippen LogP contribution in [0.4, 0.5) is 5.95 Å². The first-order valence-electron chi connectivity index (χ1n) is 6.68. The van der Waals surface area contributed by atoms with Gasteiger partial charge in [-0.1, -0.05) is 0 Å². The number of carbonyl (C=O) groups excluding carboxylic acids is 2. The molecule has 1 rings (SSSR count). The molecule has 7 heteroatoms. The van der Waals surface area contributed by atoms with Crippen LogP contribution in [-0.4, -0.2) is 47.1 Å². The van der Waals surface area contributed by atoms with Crippen LogP contribution in [0, 0.1) is 0 Å². The summed E-state index contributed by atoms with van der Waals surface area (Å²) in [5, 5.41) is 2.75. The largest absolute Gasteiger partial charge is 0.451 e. The number of ether oxygens (including phenoxy) is 1.